The molecule has 0 bridgehead atoms. The molecule has 11 aromatic rings. The molecule has 5 heteroatoms. The lowest BCUT2D eigenvalue weighted by Crippen LogP contribution is -2.33. The minimum atomic E-state index is 0.117. The van der Waals surface area contributed by atoms with Crippen molar-refractivity contribution in [3.05, 3.63) is 187 Å². The third-order valence-electron chi connectivity index (χ3n) is 13.6. The summed E-state index contributed by atoms with van der Waals surface area (Å²) in [7, 11) is 0. The Bertz CT molecular complexity index is 3520. The van der Waals surface area contributed by atoms with Crippen molar-refractivity contribution in [1.82, 2.24) is 24.1 Å². The smallest absolute Gasteiger partial charge is 0.164 e. The number of benzene rings is 8. The van der Waals surface area contributed by atoms with E-state index in [4.69, 9.17) is 15.0 Å². The highest BCUT2D eigenvalue weighted by atomic mass is 15.0. The van der Waals surface area contributed by atoms with Crippen molar-refractivity contribution in [2.24, 2.45) is 0 Å². The number of aromatic nitrogens is 5. The maximum atomic E-state index is 5.15. The zero-order chi connectivity index (χ0) is 41.7. The van der Waals surface area contributed by atoms with E-state index in [-0.39, 0.29) is 10.8 Å². The van der Waals surface area contributed by atoms with Crippen LogP contribution in [0.3, 0.4) is 0 Å². The van der Waals surface area contributed by atoms with Gasteiger partial charge in [0.15, 0.2) is 17.5 Å². The molecule has 0 atom stereocenters. The fraction of sp³-hybridized carbons (Fsp3) is 0.140. The molecule has 1 aliphatic rings. The normalized spacial score (nSPS) is 14.6. The van der Waals surface area contributed by atoms with Gasteiger partial charge < -0.3 is 9.13 Å². The predicted octanol–water partition coefficient (Wildman–Crippen LogP) is 14.6. The van der Waals surface area contributed by atoms with Crippen molar-refractivity contribution in [3.63, 3.8) is 0 Å². The van der Waals surface area contributed by atoms with Crippen molar-refractivity contribution in [2.45, 2.75) is 51.4 Å². The molecule has 0 saturated heterocycles. The van der Waals surface area contributed by atoms with E-state index in [0.717, 1.165) is 38.8 Å². The van der Waals surface area contributed by atoms with Gasteiger partial charge in [0.05, 0.1) is 22.1 Å². The van der Waals surface area contributed by atoms with Gasteiger partial charge in [-0.15, -0.1) is 0 Å². The van der Waals surface area contributed by atoms with Crippen LogP contribution in [0.4, 0.5) is 0 Å². The highest BCUT2D eigenvalue weighted by Crippen LogP contribution is 2.48. The Morgan fingerprint density at radius 3 is 1.40 bits per heavy atom. The number of fused-ring (bicyclic) bond motifs is 8. The molecule has 3 aromatic heterocycles. The van der Waals surface area contributed by atoms with E-state index in [2.05, 4.69) is 195 Å². The molecule has 3 heterocycles. The van der Waals surface area contributed by atoms with Gasteiger partial charge in [0.2, 0.25) is 0 Å². The molecule has 0 amide bonds. The topological polar surface area (TPSA) is 48.5 Å². The summed E-state index contributed by atoms with van der Waals surface area (Å²) in [5, 5.41) is 7.39. The first-order chi connectivity index (χ1) is 30.2. The molecule has 0 fully saturated rings. The third-order valence-corrected chi connectivity index (χ3v) is 13.6. The highest BCUT2D eigenvalue weighted by molar-refractivity contribution is 6.11. The molecule has 0 unspecified atom stereocenters. The Balaban J connectivity index is 0.956. The van der Waals surface area contributed by atoms with Crippen LogP contribution in [0.15, 0.2) is 176 Å². The summed E-state index contributed by atoms with van der Waals surface area (Å²) in [6, 6.07) is 63.3. The molecule has 5 nitrogen and oxygen atoms in total. The minimum Gasteiger partial charge on any atom is -0.309 e. The largest absolute Gasteiger partial charge is 0.309 e. The molecular weight excluding hydrogens is 755 g/mol. The SMILES string of the molecule is CC1(C)CCC(C)(C)c2cc3c(cc21)c1ccccc1n3-c1ccc2cc(-c3nc(-c4ccccc4)nc(-c4ccc(-n5c6ccccc6c6ccccc65)cc4)n3)ccc2c1. The lowest BCUT2D eigenvalue weighted by Gasteiger charge is -2.42. The first-order valence-electron chi connectivity index (χ1n) is 21.7. The average Bonchev–Trinajstić information content (AvgIpc) is 3.83. The van der Waals surface area contributed by atoms with Crippen LogP contribution in [0.1, 0.15) is 51.7 Å². The van der Waals surface area contributed by atoms with E-state index in [9.17, 15) is 0 Å². The molecule has 1 aliphatic carbocycles. The van der Waals surface area contributed by atoms with E-state index in [1.165, 1.54) is 67.6 Å². The summed E-state index contributed by atoms with van der Waals surface area (Å²) in [5.41, 5.74) is 13.1. The second-order valence-electron chi connectivity index (χ2n) is 18.4. The van der Waals surface area contributed by atoms with Crippen LogP contribution < -0.4 is 0 Å². The Hall–Kier alpha value is -7.37. The standard InChI is InChI=1S/C57H45N5/c1-56(2)30-31-57(3,4)48-35-52-46(34-47(48)56)45-18-10-13-21-51(45)62(52)42-29-26-38-32-40(23-22-39(38)33-42)55-59-53(36-14-6-5-7-15-36)58-54(60-55)37-24-27-41(28-25-37)61-49-19-11-8-16-43(49)44-17-9-12-20-50(44)61/h5-29,32-35H,30-31H2,1-4H3. The monoisotopic (exact) mass is 799 g/mol. The van der Waals surface area contributed by atoms with Crippen LogP contribution >= 0.6 is 0 Å². The fourth-order valence-electron chi connectivity index (χ4n) is 10.1. The summed E-state index contributed by atoms with van der Waals surface area (Å²) < 4.78 is 4.80. The molecule has 0 aliphatic heterocycles. The Kier molecular flexibility index (Phi) is 7.98. The summed E-state index contributed by atoms with van der Waals surface area (Å²) in [6.45, 7) is 9.65. The second-order valence-corrected chi connectivity index (χ2v) is 18.4. The molecule has 12 rings (SSSR count). The van der Waals surface area contributed by atoms with Crippen LogP contribution in [0, 0.1) is 0 Å². The zero-order valence-corrected chi connectivity index (χ0v) is 35.4. The van der Waals surface area contributed by atoms with Crippen LogP contribution in [0.2, 0.25) is 0 Å². The van der Waals surface area contributed by atoms with Gasteiger partial charge in [0.1, 0.15) is 0 Å². The van der Waals surface area contributed by atoms with E-state index in [0.29, 0.717) is 17.5 Å². The van der Waals surface area contributed by atoms with E-state index >= 15 is 0 Å². The van der Waals surface area contributed by atoms with E-state index < -0.39 is 0 Å². The average molecular weight is 800 g/mol. The maximum absolute atomic E-state index is 5.15. The van der Waals surface area contributed by atoms with Gasteiger partial charge >= 0.3 is 0 Å². The molecule has 62 heavy (non-hydrogen) atoms. The van der Waals surface area contributed by atoms with Gasteiger partial charge in [-0.1, -0.05) is 131 Å². The lowest BCUT2D eigenvalue weighted by atomic mass is 9.63. The number of rotatable bonds is 5. The Morgan fingerprint density at radius 1 is 0.355 bits per heavy atom. The van der Waals surface area contributed by atoms with Crippen LogP contribution in [0.5, 0.6) is 0 Å². The van der Waals surface area contributed by atoms with E-state index in [1.807, 2.05) is 18.2 Å². The van der Waals surface area contributed by atoms with Gasteiger partial charge in [-0.05, 0) is 118 Å². The lowest BCUT2D eigenvalue weighted by molar-refractivity contribution is 0.332. The molecular formula is C57H45N5. The molecule has 298 valence electrons. The quantitative estimate of drug-likeness (QED) is 0.174. The van der Waals surface area contributed by atoms with Crippen LogP contribution in [-0.2, 0) is 10.8 Å². The summed E-state index contributed by atoms with van der Waals surface area (Å²) in [6.07, 6.45) is 2.38. The number of nitrogens with zero attached hydrogens (tertiary/aromatic N) is 5. The fourth-order valence-corrected chi connectivity index (χ4v) is 10.1. The van der Waals surface area contributed by atoms with Gasteiger partial charge in [-0.25, -0.2) is 15.0 Å². The van der Waals surface area contributed by atoms with Crippen LogP contribution in [-0.4, -0.2) is 24.1 Å². The predicted molar refractivity (Wildman–Crippen MR) is 258 cm³/mol. The van der Waals surface area contributed by atoms with Gasteiger partial charge in [0, 0.05) is 49.6 Å². The van der Waals surface area contributed by atoms with Gasteiger partial charge in [-0.2, -0.15) is 0 Å². The van der Waals surface area contributed by atoms with E-state index in [1.54, 1.807) is 0 Å². The van der Waals surface area contributed by atoms with Crippen LogP contribution in [0.25, 0.3) is 99.9 Å². The summed E-state index contributed by atoms with van der Waals surface area (Å²) in [5.74, 6) is 1.93. The molecule has 0 spiro atoms. The number of hydrogen-bond acceptors (Lipinski definition) is 3. The van der Waals surface area contributed by atoms with Gasteiger partial charge in [-0.3, -0.25) is 0 Å². The van der Waals surface area contributed by atoms with Crippen molar-refractivity contribution >= 4 is 54.4 Å². The Morgan fingerprint density at radius 2 is 0.790 bits per heavy atom. The number of hydrogen-bond donors (Lipinski definition) is 0. The molecule has 0 N–H and O–H groups in total. The summed E-state index contributed by atoms with van der Waals surface area (Å²) in [4.78, 5) is 15.3. The summed E-state index contributed by atoms with van der Waals surface area (Å²) >= 11 is 0. The minimum absolute atomic E-state index is 0.117. The molecule has 0 saturated carbocycles. The molecule has 0 radical (unpaired) electrons. The Labute approximate surface area is 361 Å². The molecule has 8 aromatic carbocycles. The van der Waals surface area contributed by atoms with Crippen molar-refractivity contribution < 1.29 is 0 Å². The van der Waals surface area contributed by atoms with Crippen molar-refractivity contribution in [3.8, 4) is 45.5 Å². The number of para-hydroxylation sites is 3. The maximum Gasteiger partial charge on any atom is 0.164 e. The van der Waals surface area contributed by atoms with Crippen molar-refractivity contribution in [1.29, 1.82) is 0 Å². The van der Waals surface area contributed by atoms with Crippen molar-refractivity contribution in [2.75, 3.05) is 0 Å². The first-order valence-corrected chi connectivity index (χ1v) is 21.7. The highest BCUT2D eigenvalue weighted by Gasteiger charge is 2.38. The zero-order valence-electron chi connectivity index (χ0n) is 35.4. The first kappa shape index (κ1) is 36.5. The van der Waals surface area contributed by atoms with Gasteiger partial charge in [0.25, 0.3) is 0 Å². The second kappa shape index (κ2) is 13.6. The third kappa shape index (κ3) is 5.72.